The van der Waals surface area contributed by atoms with E-state index in [1.807, 2.05) is 0 Å². The lowest BCUT2D eigenvalue weighted by atomic mass is 10.1. The molecule has 96 valence electrons. The molecule has 17 heavy (non-hydrogen) atoms. The lowest BCUT2D eigenvalue weighted by Gasteiger charge is -2.13. The van der Waals surface area contributed by atoms with Gasteiger partial charge in [-0.1, -0.05) is 6.92 Å². The van der Waals surface area contributed by atoms with Crippen molar-refractivity contribution in [3.63, 3.8) is 0 Å². The highest BCUT2D eigenvalue weighted by Gasteiger charge is 2.19. The number of hydrogen-bond acceptors (Lipinski definition) is 3. The number of rotatable bonds is 5. The van der Waals surface area contributed by atoms with Crippen molar-refractivity contribution in [3.05, 3.63) is 11.9 Å². The number of aryl methyl sites for hydroxylation is 2. The minimum absolute atomic E-state index is 0.770. The van der Waals surface area contributed by atoms with Crippen molar-refractivity contribution < 1.29 is 0 Å². The number of likely N-dealkylation sites (tertiary alicyclic amines) is 1. The summed E-state index contributed by atoms with van der Waals surface area (Å²) in [6.07, 6.45) is 4.58. The molecule has 4 heteroatoms. The summed E-state index contributed by atoms with van der Waals surface area (Å²) < 4.78 is 2.23. The van der Waals surface area contributed by atoms with Gasteiger partial charge in [-0.05, 0) is 39.3 Å². The highest BCUT2D eigenvalue weighted by atomic mass is 15.2. The summed E-state index contributed by atoms with van der Waals surface area (Å²) >= 11 is 0. The fourth-order valence-electron chi connectivity index (χ4n) is 2.53. The Hall–Kier alpha value is -1.03. The molecule has 1 N–H and O–H groups in total. The van der Waals surface area contributed by atoms with Gasteiger partial charge < -0.3 is 14.8 Å². The van der Waals surface area contributed by atoms with Crippen LogP contribution in [0.4, 0.5) is 5.95 Å². The van der Waals surface area contributed by atoms with Gasteiger partial charge in [0.25, 0.3) is 0 Å². The van der Waals surface area contributed by atoms with Crippen LogP contribution in [0.25, 0.3) is 0 Å². The van der Waals surface area contributed by atoms with Gasteiger partial charge in [0.1, 0.15) is 0 Å². The zero-order valence-corrected chi connectivity index (χ0v) is 11.2. The molecule has 0 aliphatic carbocycles. The van der Waals surface area contributed by atoms with Crippen molar-refractivity contribution >= 4 is 5.95 Å². The van der Waals surface area contributed by atoms with Crippen LogP contribution in [0.5, 0.6) is 0 Å². The summed E-state index contributed by atoms with van der Waals surface area (Å²) in [5, 5.41) is 3.51. The molecule has 1 atom stereocenters. The Bertz CT molecular complexity index is 358. The first kappa shape index (κ1) is 12.4. The minimum atomic E-state index is 0.770. The maximum Gasteiger partial charge on any atom is 0.203 e. The van der Waals surface area contributed by atoms with E-state index in [1.54, 1.807) is 0 Å². The van der Waals surface area contributed by atoms with Crippen molar-refractivity contribution in [2.45, 2.75) is 33.2 Å². The Kier molecular flexibility index (Phi) is 4.05. The molecule has 1 aliphatic rings. The standard InChI is InChI=1S/C13H24N4/c1-4-6-17-9-11(2)15-13(17)14-8-12-5-7-16(3)10-12/h9,12H,4-8,10H2,1-3H3,(H,14,15). The molecule has 0 bridgehead atoms. The molecule has 1 aliphatic heterocycles. The Morgan fingerprint density at radius 1 is 1.53 bits per heavy atom. The number of anilines is 1. The topological polar surface area (TPSA) is 33.1 Å². The van der Waals surface area contributed by atoms with E-state index in [4.69, 9.17) is 0 Å². The summed E-state index contributed by atoms with van der Waals surface area (Å²) in [6, 6.07) is 0. The van der Waals surface area contributed by atoms with E-state index in [1.165, 1.54) is 19.5 Å². The average Bonchev–Trinajstić information content (AvgIpc) is 2.83. The highest BCUT2D eigenvalue weighted by Crippen LogP contribution is 2.16. The third-order valence-corrected chi connectivity index (χ3v) is 3.40. The van der Waals surface area contributed by atoms with E-state index >= 15 is 0 Å². The molecule has 4 nitrogen and oxygen atoms in total. The van der Waals surface area contributed by atoms with Crippen LogP contribution in [0, 0.1) is 12.8 Å². The largest absolute Gasteiger partial charge is 0.355 e. The molecule has 1 aromatic rings. The molecule has 2 heterocycles. The Balaban J connectivity index is 1.89. The number of nitrogens with one attached hydrogen (secondary N) is 1. The van der Waals surface area contributed by atoms with Crippen LogP contribution in [0.1, 0.15) is 25.5 Å². The van der Waals surface area contributed by atoms with Gasteiger partial charge >= 0.3 is 0 Å². The molecule has 0 saturated carbocycles. The fraction of sp³-hybridized carbons (Fsp3) is 0.769. The van der Waals surface area contributed by atoms with Crippen molar-refractivity contribution in [1.29, 1.82) is 0 Å². The SMILES string of the molecule is CCCn1cc(C)nc1NCC1CCN(C)C1. The maximum atomic E-state index is 4.55. The van der Waals surface area contributed by atoms with E-state index in [0.29, 0.717) is 0 Å². The smallest absolute Gasteiger partial charge is 0.203 e. The molecule has 1 aromatic heterocycles. The first-order chi connectivity index (χ1) is 8.19. The summed E-state index contributed by atoms with van der Waals surface area (Å²) in [7, 11) is 2.20. The fourth-order valence-corrected chi connectivity index (χ4v) is 2.53. The van der Waals surface area contributed by atoms with E-state index in [-0.39, 0.29) is 0 Å². The van der Waals surface area contributed by atoms with Crippen LogP contribution < -0.4 is 5.32 Å². The third kappa shape index (κ3) is 3.22. The van der Waals surface area contributed by atoms with Crippen molar-refractivity contribution in [3.8, 4) is 0 Å². The van der Waals surface area contributed by atoms with E-state index in [0.717, 1.165) is 37.1 Å². The second kappa shape index (κ2) is 5.54. The van der Waals surface area contributed by atoms with Gasteiger partial charge in [0, 0.05) is 25.8 Å². The highest BCUT2D eigenvalue weighted by molar-refractivity contribution is 5.28. The molecule has 0 radical (unpaired) electrons. The molecule has 1 unspecified atom stereocenters. The molecule has 1 fully saturated rings. The molecule has 1 saturated heterocycles. The third-order valence-electron chi connectivity index (χ3n) is 3.40. The molecule has 2 rings (SSSR count). The molecule has 0 amide bonds. The maximum absolute atomic E-state index is 4.55. The first-order valence-corrected chi connectivity index (χ1v) is 6.65. The van der Waals surface area contributed by atoms with Crippen LogP contribution in [0.2, 0.25) is 0 Å². The van der Waals surface area contributed by atoms with Crippen molar-refractivity contribution in [2.24, 2.45) is 5.92 Å². The molecule has 0 spiro atoms. The Morgan fingerprint density at radius 3 is 3.00 bits per heavy atom. The molecular formula is C13H24N4. The number of hydrogen-bond donors (Lipinski definition) is 1. The molecular weight excluding hydrogens is 212 g/mol. The van der Waals surface area contributed by atoms with Crippen LogP contribution in [-0.2, 0) is 6.54 Å². The second-order valence-electron chi connectivity index (χ2n) is 5.20. The van der Waals surface area contributed by atoms with Gasteiger partial charge in [0.15, 0.2) is 0 Å². The Morgan fingerprint density at radius 2 is 2.35 bits per heavy atom. The first-order valence-electron chi connectivity index (χ1n) is 6.65. The van der Waals surface area contributed by atoms with Crippen LogP contribution >= 0.6 is 0 Å². The van der Waals surface area contributed by atoms with Crippen molar-refractivity contribution in [2.75, 3.05) is 32.0 Å². The van der Waals surface area contributed by atoms with Gasteiger partial charge in [-0.3, -0.25) is 0 Å². The summed E-state index contributed by atoms with van der Waals surface area (Å²) in [4.78, 5) is 6.95. The summed E-state index contributed by atoms with van der Waals surface area (Å²) in [5.41, 5.74) is 1.10. The van der Waals surface area contributed by atoms with Crippen LogP contribution in [-0.4, -0.2) is 41.1 Å². The van der Waals surface area contributed by atoms with Crippen LogP contribution in [0.3, 0.4) is 0 Å². The minimum Gasteiger partial charge on any atom is -0.355 e. The average molecular weight is 236 g/mol. The number of nitrogens with zero attached hydrogens (tertiary/aromatic N) is 3. The zero-order chi connectivity index (χ0) is 12.3. The van der Waals surface area contributed by atoms with E-state index < -0.39 is 0 Å². The normalized spacial score (nSPS) is 21.0. The monoisotopic (exact) mass is 236 g/mol. The van der Waals surface area contributed by atoms with Gasteiger partial charge in [0.2, 0.25) is 5.95 Å². The van der Waals surface area contributed by atoms with E-state index in [9.17, 15) is 0 Å². The predicted octanol–water partition coefficient (Wildman–Crippen LogP) is 1.97. The van der Waals surface area contributed by atoms with Gasteiger partial charge in [-0.2, -0.15) is 0 Å². The quantitative estimate of drug-likeness (QED) is 0.848. The second-order valence-corrected chi connectivity index (χ2v) is 5.20. The summed E-state index contributed by atoms with van der Waals surface area (Å²) in [5.74, 6) is 1.81. The summed E-state index contributed by atoms with van der Waals surface area (Å²) in [6.45, 7) is 8.79. The lowest BCUT2D eigenvalue weighted by molar-refractivity contribution is 0.399. The molecule has 0 aromatic carbocycles. The Labute approximate surface area is 104 Å². The number of imidazole rings is 1. The van der Waals surface area contributed by atoms with Gasteiger partial charge in [-0.25, -0.2) is 4.98 Å². The zero-order valence-electron chi connectivity index (χ0n) is 11.2. The predicted molar refractivity (Wildman–Crippen MR) is 71.3 cm³/mol. The van der Waals surface area contributed by atoms with Crippen molar-refractivity contribution in [1.82, 2.24) is 14.5 Å². The van der Waals surface area contributed by atoms with Crippen LogP contribution in [0.15, 0.2) is 6.20 Å². The lowest BCUT2D eigenvalue weighted by Crippen LogP contribution is -2.20. The van der Waals surface area contributed by atoms with Gasteiger partial charge in [0.05, 0.1) is 5.69 Å². The number of aromatic nitrogens is 2. The van der Waals surface area contributed by atoms with E-state index in [2.05, 4.69) is 46.9 Å². The van der Waals surface area contributed by atoms with Gasteiger partial charge in [-0.15, -0.1) is 0 Å².